The number of aromatic carboxylic acids is 1. The molecule has 0 fully saturated rings. The number of carbonyl (C=O) groups is 1. The molecule has 2 heterocycles. The van der Waals surface area contributed by atoms with Crippen LogP contribution in [-0.4, -0.2) is 38.2 Å². The van der Waals surface area contributed by atoms with Gasteiger partial charge in [-0.25, -0.2) is 9.48 Å². The second kappa shape index (κ2) is 5.34. The van der Waals surface area contributed by atoms with Gasteiger partial charge >= 0.3 is 5.97 Å². The van der Waals surface area contributed by atoms with E-state index in [1.54, 1.807) is 24.9 Å². The molecule has 19 heavy (non-hydrogen) atoms. The third-order valence-corrected chi connectivity index (χ3v) is 2.48. The number of nitrogens with one attached hydrogen (secondary N) is 1. The van der Waals surface area contributed by atoms with Crippen LogP contribution in [0, 0.1) is 0 Å². The van der Waals surface area contributed by atoms with Crippen molar-refractivity contribution in [1.29, 1.82) is 0 Å². The van der Waals surface area contributed by atoms with Gasteiger partial charge in [0.05, 0.1) is 25.5 Å². The molecule has 0 amide bonds. The van der Waals surface area contributed by atoms with Crippen molar-refractivity contribution in [2.45, 2.75) is 6.54 Å². The summed E-state index contributed by atoms with van der Waals surface area (Å²) in [6.45, 7) is 0.330. The zero-order chi connectivity index (χ0) is 13.8. The van der Waals surface area contributed by atoms with Crippen LogP contribution in [0.1, 0.15) is 16.1 Å². The molecule has 2 aromatic rings. The minimum absolute atomic E-state index is 0.0675. The minimum atomic E-state index is -1.06. The Bertz CT molecular complexity index is 596. The number of aryl methyl sites for hydroxylation is 1. The summed E-state index contributed by atoms with van der Waals surface area (Å²) in [4.78, 5) is 11.0. The Labute approximate surface area is 109 Å². The molecule has 2 rings (SSSR count). The highest BCUT2D eigenvalue weighted by molar-refractivity contribution is 5.92. The number of ether oxygens (including phenoxy) is 1. The van der Waals surface area contributed by atoms with Crippen LogP contribution in [0.15, 0.2) is 18.3 Å². The maximum Gasteiger partial charge on any atom is 0.339 e. The van der Waals surface area contributed by atoms with Gasteiger partial charge in [0.25, 0.3) is 0 Å². The summed E-state index contributed by atoms with van der Waals surface area (Å²) in [6.07, 6.45) is 1.33. The molecule has 0 atom stereocenters. The lowest BCUT2D eigenvalue weighted by Crippen LogP contribution is -2.09. The van der Waals surface area contributed by atoms with Crippen LogP contribution in [0.4, 0.5) is 5.82 Å². The monoisotopic (exact) mass is 263 g/mol. The van der Waals surface area contributed by atoms with E-state index in [0.717, 1.165) is 0 Å². The van der Waals surface area contributed by atoms with Gasteiger partial charge in [-0.3, -0.25) is 0 Å². The largest absolute Gasteiger partial charge is 0.481 e. The second-order valence-corrected chi connectivity index (χ2v) is 3.75. The summed E-state index contributed by atoms with van der Waals surface area (Å²) >= 11 is 0. The van der Waals surface area contributed by atoms with E-state index in [0.29, 0.717) is 18.1 Å². The lowest BCUT2D eigenvalue weighted by atomic mass is 10.3. The van der Waals surface area contributed by atoms with E-state index in [1.807, 2.05) is 0 Å². The maximum absolute atomic E-state index is 11.0. The van der Waals surface area contributed by atoms with Gasteiger partial charge in [-0.1, -0.05) is 0 Å². The smallest absolute Gasteiger partial charge is 0.339 e. The first kappa shape index (κ1) is 12.8. The molecule has 0 spiro atoms. The van der Waals surface area contributed by atoms with Crippen molar-refractivity contribution in [3.8, 4) is 5.88 Å². The topological polar surface area (TPSA) is 102 Å². The molecule has 0 aromatic carbocycles. The Balaban J connectivity index is 2.12. The lowest BCUT2D eigenvalue weighted by molar-refractivity contribution is 0.0697. The van der Waals surface area contributed by atoms with Crippen molar-refractivity contribution in [2.24, 2.45) is 7.05 Å². The number of carboxylic acid groups (broad SMARTS) is 1. The van der Waals surface area contributed by atoms with Crippen LogP contribution < -0.4 is 10.1 Å². The van der Waals surface area contributed by atoms with Gasteiger partial charge in [0.15, 0.2) is 5.82 Å². The Hall–Kier alpha value is -2.64. The maximum atomic E-state index is 11.0. The highest BCUT2D eigenvalue weighted by Crippen LogP contribution is 2.14. The van der Waals surface area contributed by atoms with Gasteiger partial charge < -0.3 is 15.2 Å². The third-order valence-electron chi connectivity index (χ3n) is 2.48. The Morgan fingerprint density at radius 3 is 3.00 bits per heavy atom. The summed E-state index contributed by atoms with van der Waals surface area (Å²) in [5, 5.41) is 23.5. The van der Waals surface area contributed by atoms with Crippen LogP contribution in [0.5, 0.6) is 5.88 Å². The second-order valence-electron chi connectivity index (χ2n) is 3.75. The van der Waals surface area contributed by atoms with E-state index in [4.69, 9.17) is 9.84 Å². The lowest BCUT2D eigenvalue weighted by Gasteiger charge is -2.05. The number of aromatic nitrogens is 4. The normalized spacial score (nSPS) is 10.2. The van der Waals surface area contributed by atoms with Crippen molar-refractivity contribution in [3.05, 3.63) is 29.6 Å². The van der Waals surface area contributed by atoms with Crippen LogP contribution >= 0.6 is 0 Å². The number of methoxy groups -OCH3 is 1. The zero-order valence-corrected chi connectivity index (χ0v) is 10.5. The molecule has 8 nitrogen and oxygen atoms in total. The highest BCUT2D eigenvalue weighted by Gasteiger charge is 2.12. The Kier molecular flexibility index (Phi) is 3.60. The summed E-state index contributed by atoms with van der Waals surface area (Å²) in [5.41, 5.74) is 0.777. The quantitative estimate of drug-likeness (QED) is 0.811. The predicted molar refractivity (Wildman–Crippen MR) is 66.1 cm³/mol. The van der Waals surface area contributed by atoms with E-state index in [2.05, 4.69) is 20.6 Å². The van der Waals surface area contributed by atoms with Crippen LogP contribution in [0.3, 0.4) is 0 Å². The number of anilines is 1. The first-order valence-corrected chi connectivity index (χ1v) is 5.47. The van der Waals surface area contributed by atoms with Gasteiger partial charge in [0.2, 0.25) is 5.88 Å². The summed E-state index contributed by atoms with van der Waals surface area (Å²) in [7, 11) is 3.31. The van der Waals surface area contributed by atoms with Crippen LogP contribution in [0.25, 0.3) is 0 Å². The van der Waals surface area contributed by atoms with Crippen molar-refractivity contribution in [3.63, 3.8) is 0 Å². The first-order valence-electron chi connectivity index (χ1n) is 5.47. The van der Waals surface area contributed by atoms with E-state index in [9.17, 15) is 4.79 Å². The molecule has 8 heteroatoms. The fraction of sp³-hybridized carbons (Fsp3) is 0.273. The number of nitrogens with zero attached hydrogens (tertiary/aromatic N) is 4. The van der Waals surface area contributed by atoms with Crippen molar-refractivity contribution < 1.29 is 14.6 Å². The molecular formula is C11H13N5O3. The third kappa shape index (κ3) is 2.79. The molecule has 2 N–H and O–H groups in total. The highest BCUT2D eigenvalue weighted by atomic mass is 16.5. The number of carboxylic acids is 1. The van der Waals surface area contributed by atoms with Gasteiger partial charge in [0.1, 0.15) is 5.56 Å². The van der Waals surface area contributed by atoms with Crippen molar-refractivity contribution in [2.75, 3.05) is 12.4 Å². The molecule has 100 valence electrons. The number of hydrogen-bond acceptors (Lipinski definition) is 6. The molecule has 0 saturated carbocycles. The van der Waals surface area contributed by atoms with Gasteiger partial charge in [-0.2, -0.15) is 10.2 Å². The standard InChI is InChI=1S/C11H13N5O3/c1-16-9(19-2)5-7(15-16)6-12-10-8(11(17)18)3-4-13-14-10/h3-5H,6H2,1-2H3,(H,12,14)(H,17,18). The van der Waals surface area contributed by atoms with E-state index >= 15 is 0 Å². The fourth-order valence-corrected chi connectivity index (χ4v) is 1.59. The number of hydrogen-bond donors (Lipinski definition) is 2. The van der Waals surface area contributed by atoms with Crippen LogP contribution in [0.2, 0.25) is 0 Å². The molecule has 0 radical (unpaired) electrons. The van der Waals surface area contributed by atoms with Gasteiger partial charge in [-0.05, 0) is 6.07 Å². The van der Waals surface area contributed by atoms with Gasteiger partial charge in [0, 0.05) is 13.1 Å². The fourth-order valence-electron chi connectivity index (χ4n) is 1.59. The molecule has 0 unspecified atom stereocenters. The van der Waals surface area contributed by atoms with E-state index in [-0.39, 0.29) is 11.4 Å². The first-order chi connectivity index (χ1) is 9.11. The SMILES string of the molecule is COc1cc(CNc2nnccc2C(=O)O)nn1C. The Morgan fingerprint density at radius 1 is 1.58 bits per heavy atom. The molecule has 0 aliphatic carbocycles. The van der Waals surface area contributed by atoms with Crippen LogP contribution in [-0.2, 0) is 13.6 Å². The van der Waals surface area contributed by atoms with Crippen molar-refractivity contribution >= 4 is 11.8 Å². The molecule has 0 bridgehead atoms. The Morgan fingerprint density at radius 2 is 2.37 bits per heavy atom. The molecule has 0 aliphatic heterocycles. The van der Waals surface area contributed by atoms with E-state index < -0.39 is 5.97 Å². The van der Waals surface area contributed by atoms with E-state index in [1.165, 1.54) is 12.3 Å². The molecular weight excluding hydrogens is 250 g/mol. The van der Waals surface area contributed by atoms with Crippen molar-refractivity contribution in [1.82, 2.24) is 20.0 Å². The summed E-state index contributed by atoms with van der Waals surface area (Å²) in [6, 6.07) is 3.14. The average molecular weight is 263 g/mol. The predicted octanol–water partition coefficient (Wildman–Crippen LogP) is 0.529. The molecule has 0 saturated heterocycles. The minimum Gasteiger partial charge on any atom is -0.481 e. The summed E-state index contributed by atoms with van der Waals surface area (Å²) in [5.74, 6) is -0.231. The van der Waals surface area contributed by atoms with Gasteiger partial charge in [-0.15, -0.1) is 5.10 Å². The zero-order valence-electron chi connectivity index (χ0n) is 10.5. The number of rotatable bonds is 5. The average Bonchev–Trinajstić information content (AvgIpc) is 2.77. The molecule has 2 aromatic heterocycles. The summed E-state index contributed by atoms with van der Waals surface area (Å²) < 4.78 is 6.68. The molecule has 0 aliphatic rings.